The molecule has 0 bridgehead atoms. The summed E-state index contributed by atoms with van der Waals surface area (Å²) in [7, 11) is 0. The summed E-state index contributed by atoms with van der Waals surface area (Å²) in [6, 6.07) is 0.765. The standard InChI is InChI=1S/C12H13F3N2O.ClH/c13-7-4-9(15)11(5-8(7)14)17-12(18)6-2-1-3-10(6)16;/h4-6,10H,1-3,16H2,(H,17,18);1H. The Morgan fingerprint density at radius 1 is 1.16 bits per heavy atom. The van der Waals surface area contributed by atoms with Crippen LogP contribution in [-0.4, -0.2) is 11.9 Å². The van der Waals surface area contributed by atoms with E-state index in [-0.39, 0.29) is 24.1 Å². The summed E-state index contributed by atoms with van der Waals surface area (Å²) in [5, 5.41) is 2.25. The lowest BCUT2D eigenvalue weighted by molar-refractivity contribution is -0.120. The molecule has 1 amide bonds. The largest absolute Gasteiger partial charge is 0.327 e. The van der Waals surface area contributed by atoms with Gasteiger partial charge in [-0.25, -0.2) is 13.2 Å². The first-order valence-corrected chi connectivity index (χ1v) is 5.70. The fourth-order valence-electron chi connectivity index (χ4n) is 2.16. The lowest BCUT2D eigenvalue weighted by atomic mass is 10.0. The third kappa shape index (κ3) is 3.39. The molecular weight excluding hydrogens is 281 g/mol. The fraction of sp³-hybridized carbons (Fsp3) is 0.417. The Morgan fingerprint density at radius 2 is 1.79 bits per heavy atom. The van der Waals surface area contributed by atoms with Crippen LogP contribution in [0.1, 0.15) is 19.3 Å². The van der Waals surface area contributed by atoms with Gasteiger partial charge in [0.2, 0.25) is 5.91 Å². The average molecular weight is 295 g/mol. The molecule has 3 N–H and O–H groups in total. The highest BCUT2D eigenvalue weighted by atomic mass is 35.5. The van der Waals surface area contributed by atoms with Crippen LogP contribution < -0.4 is 11.1 Å². The third-order valence-corrected chi connectivity index (χ3v) is 3.17. The molecule has 1 aliphatic rings. The number of amides is 1. The number of rotatable bonds is 2. The van der Waals surface area contributed by atoms with Crippen molar-refractivity contribution in [2.24, 2.45) is 11.7 Å². The Hall–Kier alpha value is -1.27. The molecule has 0 aliphatic heterocycles. The van der Waals surface area contributed by atoms with Crippen LogP contribution in [0.4, 0.5) is 18.9 Å². The van der Waals surface area contributed by atoms with Crippen LogP contribution in [0.5, 0.6) is 0 Å². The van der Waals surface area contributed by atoms with Gasteiger partial charge in [0.15, 0.2) is 11.6 Å². The first-order chi connectivity index (χ1) is 8.49. The number of nitrogens with two attached hydrogens (primary N) is 1. The van der Waals surface area contributed by atoms with Gasteiger partial charge in [0.1, 0.15) is 5.82 Å². The molecule has 2 rings (SSSR count). The Kier molecular flexibility index (Phi) is 5.20. The molecule has 7 heteroatoms. The molecule has 0 heterocycles. The molecule has 0 spiro atoms. The zero-order valence-corrected chi connectivity index (χ0v) is 10.8. The van der Waals surface area contributed by atoms with Crippen molar-refractivity contribution < 1.29 is 18.0 Å². The predicted octanol–water partition coefficient (Wildman–Crippen LogP) is 2.59. The minimum Gasteiger partial charge on any atom is -0.327 e. The van der Waals surface area contributed by atoms with Gasteiger partial charge in [0.25, 0.3) is 0 Å². The number of anilines is 1. The average Bonchev–Trinajstić information content (AvgIpc) is 2.72. The summed E-state index contributed by atoms with van der Waals surface area (Å²) in [6.45, 7) is 0. The molecular formula is C12H14ClF3N2O. The van der Waals surface area contributed by atoms with Gasteiger partial charge in [-0.15, -0.1) is 12.4 Å². The van der Waals surface area contributed by atoms with E-state index in [4.69, 9.17) is 5.73 Å². The number of carbonyl (C=O) groups excluding carboxylic acids is 1. The van der Waals surface area contributed by atoms with Crippen LogP contribution in [-0.2, 0) is 4.79 Å². The van der Waals surface area contributed by atoms with Crippen molar-refractivity contribution in [3.05, 3.63) is 29.6 Å². The van der Waals surface area contributed by atoms with E-state index in [2.05, 4.69) is 5.32 Å². The van der Waals surface area contributed by atoms with Gasteiger partial charge in [-0.2, -0.15) is 0 Å². The topological polar surface area (TPSA) is 55.1 Å². The molecule has 1 aromatic rings. The maximum Gasteiger partial charge on any atom is 0.229 e. The van der Waals surface area contributed by atoms with E-state index in [0.717, 1.165) is 12.8 Å². The Labute approximate surface area is 114 Å². The quantitative estimate of drug-likeness (QED) is 0.824. The zero-order chi connectivity index (χ0) is 13.3. The molecule has 0 aromatic heterocycles. The molecule has 0 saturated heterocycles. The van der Waals surface area contributed by atoms with Crippen LogP contribution in [0.15, 0.2) is 12.1 Å². The van der Waals surface area contributed by atoms with Crippen molar-refractivity contribution in [2.45, 2.75) is 25.3 Å². The smallest absolute Gasteiger partial charge is 0.229 e. The van der Waals surface area contributed by atoms with E-state index < -0.39 is 29.3 Å². The molecule has 0 radical (unpaired) electrons. The van der Waals surface area contributed by atoms with Gasteiger partial charge in [0.05, 0.1) is 11.6 Å². The Balaban J connectivity index is 0.00000180. The number of halogens is 4. The van der Waals surface area contributed by atoms with Crippen LogP contribution in [0.25, 0.3) is 0 Å². The number of carbonyl (C=O) groups is 1. The minimum atomic E-state index is -1.29. The second-order valence-corrected chi connectivity index (χ2v) is 4.44. The summed E-state index contributed by atoms with van der Waals surface area (Å²) in [5.74, 6) is -4.36. The van der Waals surface area contributed by atoms with Gasteiger partial charge >= 0.3 is 0 Å². The summed E-state index contributed by atoms with van der Waals surface area (Å²) in [4.78, 5) is 11.8. The fourth-order valence-corrected chi connectivity index (χ4v) is 2.16. The van der Waals surface area contributed by atoms with Gasteiger partial charge in [-0.3, -0.25) is 4.79 Å². The first-order valence-electron chi connectivity index (χ1n) is 5.70. The molecule has 1 aliphatic carbocycles. The maximum absolute atomic E-state index is 13.3. The molecule has 1 aromatic carbocycles. The number of benzene rings is 1. The van der Waals surface area contributed by atoms with E-state index in [1.807, 2.05) is 0 Å². The number of hydrogen-bond donors (Lipinski definition) is 2. The van der Waals surface area contributed by atoms with Crippen molar-refractivity contribution in [1.82, 2.24) is 0 Å². The van der Waals surface area contributed by atoms with E-state index in [1.165, 1.54) is 0 Å². The Bertz CT molecular complexity index is 484. The minimum absolute atomic E-state index is 0. The van der Waals surface area contributed by atoms with Crippen molar-refractivity contribution >= 4 is 24.0 Å². The molecule has 1 fully saturated rings. The SMILES string of the molecule is Cl.NC1CCCC1C(=O)Nc1cc(F)c(F)cc1F. The van der Waals surface area contributed by atoms with E-state index >= 15 is 0 Å². The van der Waals surface area contributed by atoms with Crippen molar-refractivity contribution in [1.29, 1.82) is 0 Å². The second kappa shape index (κ2) is 6.25. The third-order valence-electron chi connectivity index (χ3n) is 3.17. The summed E-state index contributed by atoms with van der Waals surface area (Å²) < 4.78 is 39.0. The highest BCUT2D eigenvalue weighted by Crippen LogP contribution is 2.26. The van der Waals surface area contributed by atoms with E-state index in [1.54, 1.807) is 0 Å². The first kappa shape index (κ1) is 15.8. The van der Waals surface area contributed by atoms with Crippen molar-refractivity contribution in [3.8, 4) is 0 Å². The van der Waals surface area contributed by atoms with Crippen LogP contribution in [0.3, 0.4) is 0 Å². The second-order valence-electron chi connectivity index (χ2n) is 4.44. The van der Waals surface area contributed by atoms with Gasteiger partial charge in [-0.1, -0.05) is 6.42 Å². The molecule has 2 atom stereocenters. The van der Waals surface area contributed by atoms with Gasteiger partial charge < -0.3 is 11.1 Å². The van der Waals surface area contributed by atoms with Gasteiger partial charge in [-0.05, 0) is 12.8 Å². The number of nitrogens with one attached hydrogen (secondary N) is 1. The molecule has 1 saturated carbocycles. The Morgan fingerprint density at radius 3 is 2.37 bits per heavy atom. The predicted molar refractivity (Wildman–Crippen MR) is 67.5 cm³/mol. The van der Waals surface area contributed by atoms with Crippen LogP contribution >= 0.6 is 12.4 Å². The molecule has 19 heavy (non-hydrogen) atoms. The van der Waals surface area contributed by atoms with Crippen LogP contribution in [0, 0.1) is 23.4 Å². The highest BCUT2D eigenvalue weighted by molar-refractivity contribution is 5.93. The molecule has 3 nitrogen and oxygen atoms in total. The zero-order valence-electron chi connectivity index (χ0n) is 9.96. The monoisotopic (exact) mass is 294 g/mol. The maximum atomic E-state index is 13.3. The number of hydrogen-bond acceptors (Lipinski definition) is 2. The lowest BCUT2D eigenvalue weighted by Crippen LogP contribution is -2.34. The van der Waals surface area contributed by atoms with E-state index in [0.29, 0.717) is 18.6 Å². The molecule has 2 unspecified atom stereocenters. The van der Waals surface area contributed by atoms with E-state index in [9.17, 15) is 18.0 Å². The van der Waals surface area contributed by atoms with Crippen molar-refractivity contribution in [3.63, 3.8) is 0 Å². The van der Waals surface area contributed by atoms with Crippen LogP contribution in [0.2, 0.25) is 0 Å². The molecule has 106 valence electrons. The summed E-state index contributed by atoms with van der Waals surface area (Å²) in [6.07, 6.45) is 2.19. The summed E-state index contributed by atoms with van der Waals surface area (Å²) in [5.41, 5.74) is 5.37. The lowest BCUT2D eigenvalue weighted by Gasteiger charge is -2.15. The highest BCUT2D eigenvalue weighted by Gasteiger charge is 2.30. The van der Waals surface area contributed by atoms with Gasteiger partial charge in [0, 0.05) is 18.2 Å². The normalized spacial score (nSPS) is 21.9. The summed E-state index contributed by atoms with van der Waals surface area (Å²) >= 11 is 0. The van der Waals surface area contributed by atoms with Crippen molar-refractivity contribution in [2.75, 3.05) is 5.32 Å².